The highest BCUT2D eigenvalue weighted by molar-refractivity contribution is 9.10. The molecule has 0 saturated heterocycles. The van der Waals surface area contributed by atoms with Crippen LogP contribution in [0, 0.1) is 0 Å². The normalized spacial score (nSPS) is 11.5. The van der Waals surface area contributed by atoms with E-state index in [4.69, 9.17) is 10.9 Å². The minimum absolute atomic E-state index is 0.00515. The molecule has 0 spiro atoms. The fourth-order valence-corrected chi connectivity index (χ4v) is 3.19. The molecule has 8 heteroatoms. The Morgan fingerprint density at radius 3 is 2.58 bits per heavy atom. The van der Waals surface area contributed by atoms with Gasteiger partial charge in [0.25, 0.3) is 0 Å². The second kappa shape index (κ2) is 5.49. The van der Waals surface area contributed by atoms with Crippen molar-refractivity contribution in [1.29, 1.82) is 0 Å². The fraction of sp³-hybridized carbons (Fsp3) is 0. The minimum atomic E-state index is -3.74. The van der Waals surface area contributed by atoms with Crippen molar-refractivity contribution < 1.29 is 8.42 Å². The number of hydrogen-bond acceptors (Lipinski definition) is 5. The number of pyridine rings is 1. The van der Waals surface area contributed by atoms with E-state index in [9.17, 15) is 8.42 Å². The lowest BCUT2D eigenvalue weighted by atomic mass is 10.3. The molecule has 1 heterocycles. The summed E-state index contributed by atoms with van der Waals surface area (Å²) in [6, 6.07) is 8.05. The minimum Gasteiger partial charge on any atom is -0.398 e. The maximum atomic E-state index is 11.2. The topological polar surface area (TPSA) is 99.1 Å². The van der Waals surface area contributed by atoms with E-state index in [-0.39, 0.29) is 4.90 Å². The highest BCUT2D eigenvalue weighted by Crippen LogP contribution is 2.35. The number of rotatable bonds is 3. The van der Waals surface area contributed by atoms with E-state index in [0.717, 1.165) is 9.50 Å². The lowest BCUT2D eigenvalue weighted by Gasteiger charge is -2.07. The molecule has 0 aliphatic carbocycles. The average Bonchev–Trinajstić information content (AvgIpc) is 2.33. The van der Waals surface area contributed by atoms with Gasteiger partial charge in [-0.25, -0.2) is 18.5 Å². The van der Waals surface area contributed by atoms with Gasteiger partial charge in [-0.1, -0.05) is 11.8 Å². The van der Waals surface area contributed by atoms with Gasteiger partial charge in [-0.2, -0.15) is 0 Å². The molecule has 5 nitrogen and oxygen atoms in total. The van der Waals surface area contributed by atoms with Crippen LogP contribution in [-0.4, -0.2) is 13.4 Å². The predicted molar refractivity (Wildman–Crippen MR) is 78.3 cm³/mol. The zero-order valence-electron chi connectivity index (χ0n) is 9.58. The summed E-state index contributed by atoms with van der Waals surface area (Å²) in [5.74, 6) is 0. The molecule has 1 aromatic carbocycles. The Hall–Kier alpha value is -1.09. The first-order chi connectivity index (χ1) is 8.88. The first-order valence-electron chi connectivity index (χ1n) is 5.08. The summed E-state index contributed by atoms with van der Waals surface area (Å²) in [6.45, 7) is 0. The number of anilines is 1. The molecule has 0 aliphatic heterocycles. The van der Waals surface area contributed by atoms with Crippen LogP contribution in [0.25, 0.3) is 0 Å². The van der Waals surface area contributed by atoms with Crippen LogP contribution in [0.3, 0.4) is 0 Å². The van der Waals surface area contributed by atoms with Crippen LogP contribution in [0.1, 0.15) is 0 Å². The van der Waals surface area contributed by atoms with Crippen molar-refractivity contribution >= 4 is 43.4 Å². The summed E-state index contributed by atoms with van der Waals surface area (Å²) in [4.78, 5) is 4.91. The number of nitrogen functional groups attached to an aromatic ring is 1. The number of benzene rings is 1. The number of aromatic nitrogens is 1. The van der Waals surface area contributed by atoms with Crippen molar-refractivity contribution in [2.75, 3.05) is 5.73 Å². The summed E-state index contributed by atoms with van der Waals surface area (Å²) in [5.41, 5.74) is 6.17. The van der Waals surface area contributed by atoms with E-state index in [0.29, 0.717) is 10.6 Å². The molecule has 19 heavy (non-hydrogen) atoms. The Morgan fingerprint density at radius 1 is 1.26 bits per heavy atom. The van der Waals surface area contributed by atoms with Gasteiger partial charge in [0.1, 0.15) is 5.03 Å². The number of nitrogens with two attached hydrogens (primary N) is 2. The van der Waals surface area contributed by atoms with E-state index in [1.165, 1.54) is 23.9 Å². The molecular weight excluding hydrogens is 350 g/mol. The van der Waals surface area contributed by atoms with Gasteiger partial charge in [0.15, 0.2) is 0 Å². The highest BCUT2D eigenvalue weighted by Gasteiger charge is 2.12. The Balaban J connectivity index is 2.36. The summed E-state index contributed by atoms with van der Waals surface area (Å²) >= 11 is 4.73. The van der Waals surface area contributed by atoms with Crippen LogP contribution in [0.5, 0.6) is 0 Å². The van der Waals surface area contributed by atoms with Crippen molar-refractivity contribution in [2.45, 2.75) is 14.8 Å². The Morgan fingerprint density at radius 2 is 2.00 bits per heavy atom. The van der Waals surface area contributed by atoms with Crippen LogP contribution >= 0.6 is 27.7 Å². The average molecular weight is 360 g/mol. The van der Waals surface area contributed by atoms with E-state index >= 15 is 0 Å². The van der Waals surface area contributed by atoms with E-state index in [1.54, 1.807) is 12.3 Å². The summed E-state index contributed by atoms with van der Waals surface area (Å²) in [6.07, 6.45) is 1.67. The third kappa shape index (κ3) is 3.47. The predicted octanol–water partition coefficient (Wildman–Crippen LogP) is 2.22. The molecular formula is C11H10BrN3O2S2. The van der Waals surface area contributed by atoms with E-state index in [2.05, 4.69) is 20.9 Å². The third-order valence-corrected chi connectivity index (χ3v) is 5.16. The van der Waals surface area contributed by atoms with Crippen molar-refractivity contribution in [2.24, 2.45) is 5.14 Å². The highest BCUT2D eigenvalue weighted by atomic mass is 79.9. The van der Waals surface area contributed by atoms with Gasteiger partial charge >= 0.3 is 0 Å². The molecule has 0 bridgehead atoms. The number of halogens is 1. The maximum Gasteiger partial charge on any atom is 0.238 e. The van der Waals surface area contributed by atoms with Crippen molar-refractivity contribution in [3.63, 3.8) is 0 Å². The van der Waals surface area contributed by atoms with Gasteiger partial charge in [0.2, 0.25) is 10.0 Å². The number of hydrogen-bond donors (Lipinski definition) is 2. The van der Waals surface area contributed by atoms with Gasteiger partial charge in [-0.15, -0.1) is 0 Å². The molecule has 0 fully saturated rings. The second-order valence-electron chi connectivity index (χ2n) is 3.64. The fourth-order valence-electron chi connectivity index (χ4n) is 1.35. The lowest BCUT2D eigenvalue weighted by Crippen LogP contribution is -2.12. The molecule has 0 unspecified atom stereocenters. The number of sulfonamides is 1. The van der Waals surface area contributed by atoms with Crippen LogP contribution < -0.4 is 10.9 Å². The summed E-state index contributed by atoms with van der Waals surface area (Å²) < 4.78 is 23.3. The first-order valence-corrected chi connectivity index (χ1v) is 8.24. The SMILES string of the molecule is Nc1cc(S(N)(=O)=O)ccc1Sc1ncccc1Br. The lowest BCUT2D eigenvalue weighted by molar-refractivity contribution is 0.598. The largest absolute Gasteiger partial charge is 0.398 e. The third-order valence-electron chi connectivity index (χ3n) is 2.24. The monoisotopic (exact) mass is 359 g/mol. The molecule has 0 radical (unpaired) electrons. The van der Waals surface area contributed by atoms with Gasteiger partial charge in [-0.05, 0) is 46.3 Å². The smallest absolute Gasteiger partial charge is 0.238 e. The molecule has 0 amide bonds. The van der Waals surface area contributed by atoms with Crippen LogP contribution in [0.2, 0.25) is 0 Å². The zero-order valence-corrected chi connectivity index (χ0v) is 12.8. The van der Waals surface area contributed by atoms with Crippen LogP contribution in [-0.2, 0) is 10.0 Å². The molecule has 4 N–H and O–H groups in total. The summed E-state index contributed by atoms with van der Waals surface area (Å²) in [5, 5.41) is 5.79. The second-order valence-corrected chi connectivity index (χ2v) is 7.08. The van der Waals surface area contributed by atoms with Crippen molar-refractivity contribution in [3.05, 3.63) is 41.0 Å². The number of primary sulfonamides is 1. The van der Waals surface area contributed by atoms with Crippen molar-refractivity contribution in [3.8, 4) is 0 Å². The Labute approximate surface area is 123 Å². The Kier molecular flexibility index (Phi) is 4.14. The quantitative estimate of drug-likeness (QED) is 0.818. The Bertz CT molecular complexity index is 720. The standard InChI is InChI=1S/C11H10BrN3O2S2/c12-8-2-1-5-15-11(8)18-10-4-3-7(6-9(10)13)19(14,16)17/h1-6H,13H2,(H2,14,16,17). The molecule has 0 atom stereocenters. The molecule has 0 aliphatic rings. The van der Waals surface area contributed by atoms with E-state index < -0.39 is 10.0 Å². The zero-order chi connectivity index (χ0) is 14.0. The van der Waals surface area contributed by atoms with Crippen molar-refractivity contribution in [1.82, 2.24) is 4.98 Å². The van der Waals surface area contributed by atoms with E-state index in [1.807, 2.05) is 12.1 Å². The molecule has 100 valence electrons. The van der Waals surface area contributed by atoms with Gasteiger partial charge in [0, 0.05) is 16.8 Å². The molecule has 0 saturated carbocycles. The number of nitrogens with zero attached hydrogens (tertiary/aromatic N) is 1. The van der Waals surface area contributed by atoms with Crippen LogP contribution in [0.4, 0.5) is 5.69 Å². The van der Waals surface area contributed by atoms with Gasteiger partial charge in [0.05, 0.1) is 9.37 Å². The first kappa shape index (κ1) is 14.3. The van der Waals surface area contributed by atoms with Gasteiger partial charge < -0.3 is 5.73 Å². The molecule has 1 aromatic heterocycles. The molecule has 2 aromatic rings. The summed E-state index contributed by atoms with van der Waals surface area (Å²) in [7, 11) is -3.74. The molecule has 2 rings (SSSR count). The van der Waals surface area contributed by atoms with Crippen LogP contribution in [0.15, 0.2) is 55.8 Å². The maximum absolute atomic E-state index is 11.2. The van der Waals surface area contributed by atoms with Gasteiger partial charge in [-0.3, -0.25) is 0 Å².